The molecule has 4 nitrogen and oxygen atoms in total. The van der Waals surface area contributed by atoms with E-state index in [2.05, 4.69) is 4.98 Å². The number of esters is 1. The van der Waals surface area contributed by atoms with Gasteiger partial charge in [-0.15, -0.1) is 0 Å². The second-order valence-corrected chi connectivity index (χ2v) is 3.67. The molecule has 0 unspecified atom stereocenters. The molecule has 0 saturated carbocycles. The van der Waals surface area contributed by atoms with Crippen LogP contribution in [0.1, 0.15) is 16.6 Å². The van der Waals surface area contributed by atoms with Crippen molar-refractivity contribution in [2.75, 3.05) is 12.3 Å². The van der Waals surface area contributed by atoms with Gasteiger partial charge in [0.1, 0.15) is 5.82 Å². The Hall–Kier alpha value is -0.880. The number of carbonyl (C=O) groups is 1. The first kappa shape index (κ1) is 9.21. The van der Waals surface area contributed by atoms with Crippen molar-refractivity contribution in [2.24, 2.45) is 0 Å². The van der Waals surface area contributed by atoms with E-state index in [-0.39, 0.29) is 5.82 Å². The number of H-pyrrole nitrogens is 1. The molecule has 0 bridgehead atoms. The lowest BCUT2D eigenvalue weighted by molar-refractivity contribution is 0.0533. The monoisotopic (exact) mass is 204 g/mol. The summed E-state index contributed by atoms with van der Waals surface area (Å²) in [5.74, 6) is -0.143. The Labute approximate surface area is 78.4 Å². The third-order valence-corrected chi connectivity index (χ3v) is 2.37. The number of carbonyl (C=O) groups excluding carboxylic acids is 1. The largest absolute Gasteiger partial charge is 0.462 e. The highest BCUT2D eigenvalue weighted by atomic mass is 32.1. The van der Waals surface area contributed by atoms with Crippen LogP contribution in [-0.2, 0) is 4.74 Å². The van der Waals surface area contributed by atoms with E-state index in [1.807, 2.05) is 0 Å². The summed E-state index contributed by atoms with van der Waals surface area (Å²) in [7, 11) is 0. The molecule has 0 radical (unpaired) electrons. The number of hydrogen-bond acceptors (Lipinski definition) is 5. The van der Waals surface area contributed by atoms with E-state index < -0.39 is 5.97 Å². The summed E-state index contributed by atoms with van der Waals surface area (Å²) in [6.07, 6.45) is 0. The Morgan fingerprint density at radius 3 is 2.92 bits per heavy atom. The number of thiazole rings is 1. The minimum absolute atomic E-state index is 0.281. The van der Waals surface area contributed by atoms with Crippen LogP contribution in [0.25, 0.3) is 0 Å². The van der Waals surface area contributed by atoms with Crippen LogP contribution in [0, 0.1) is 3.95 Å². The number of nitrogens with two attached hydrogens (primary N) is 1. The van der Waals surface area contributed by atoms with Crippen molar-refractivity contribution < 1.29 is 9.53 Å². The molecule has 1 heterocycles. The molecule has 1 aromatic rings. The van der Waals surface area contributed by atoms with Gasteiger partial charge in [0.25, 0.3) is 0 Å². The number of nitrogen functional groups attached to an aromatic ring is 1. The zero-order chi connectivity index (χ0) is 9.14. The van der Waals surface area contributed by atoms with Gasteiger partial charge in [-0.1, -0.05) is 11.3 Å². The number of anilines is 1. The summed E-state index contributed by atoms with van der Waals surface area (Å²) < 4.78 is 5.23. The second-order valence-electron chi connectivity index (χ2n) is 1.98. The Morgan fingerprint density at radius 2 is 2.50 bits per heavy atom. The van der Waals surface area contributed by atoms with Crippen molar-refractivity contribution >= 4 is 35.3 Å². The number of ether oxygens (including phenoxy) is 1. The average Bonchev–Trinajstić information content (AvgIpc) is 2.30. The number of nitrogens with one attached hydrogen (secondary N) is 1. The van der Waals surface area contributed by atoms with Crippen LogP contribution in [0.4, 0.5) is 5.82 Å². The summed E-state index contributed by atoms with van der Waals surface area (Å²) in [4.78, 5) is 14.1. The van der Waals surface area contributed by atoms with Gasteiger partial charge in [-0.25, -0.2) is 4.79 Å². The van der Waals surface area contributed by atoms with E-state index in [1.165, 1.54) is 0 Å². The highest BCUT2D eigenvalue weighted by Crippen LogP contribution is 2.17. The Bertz CT molecular complexity index is 342. The molecule has 0 saturated heterocycles. The van der Waals surface area contributed by atoms with Gasteiger partial charge in [0.15, 0.2) is 8.83 Å². The molecule has 6 heteroatoms. The fraction of sp³-hybridized carbons (Fsp3) is 0.333. The minimum atomic E-state index is -0.424. The minimum Gasteiger partial charge on any atom is -0.462 e. The second kappa shape index (κ2) is 3.68. The fourth-order valence-corrected chi connectivity index (χ4v) is 1.70. The van der Waals surface area contributed by atoms with Crippen LogP contribution in [-0.4, -0.2) is 17.6 Å². The summed E-state index contributed by atoms with van der Waals surface area (Å²) in [6, 6.07) is 0. The van der Waals surface area contributed by atoms with E-state index in [1.54, 1.807) is 6.92 Å². The van der Waals surface area contributed by atoms with Crippen LogP contribution in [0.15, 0.2) is 0 Å². The van der Waals surface area contributed by atoms with Gasteiger partial charge < -0.3 is 15.5 Å². The maximum Gasteiger partial charge on any atom is 0.352 e. The van der Waals surface area contributed by atoms with Crippen LogP contribution in [0.5, 0.6) is 0 Å². The van der Waals surface area contributed by atoms with E-state index >= 15 is 0 Å². The molecule has 66 valence electrons. The zero-order valence-corrected chi connectivity index (χ0v) is 8.05. The number of hydrogen-bond donors (Lipinski definition) is 2. The Balaban J connectivity index is 2.94. The maximum atomic E-state index is 11.1. The molecule has 0 spiro atoms. The summed E-state index contributed by atoms with van der Waals surface area (Å²) in [5, 5.41) is 0. The molecular weight excluding hydrogens is 196 g/mol. The van der Waals surface area contributed by atoms with Crippen LogP contribution in [0.3, 0.4) is 0 Å². The molecule has 0 aliphatic heterocycles. The fourth-order valence-electron chi connectivity index (χ4n) is 0.688. The van der Waals surface area contributed by atoms with Crippen molar-refractivity contribution in [3.8, 4) is 0 Å². The van der Waals surface area contributed by atoms with Crippen molar-refractivity contribution in [2.45, 2.75) is 6.92 Å². The molecule has 0 aliphatic carbocycles. The Kier molecular flexibility index (Phi) is 2.83. The first-order chi connectivity index (χ1) is 5.65. The van der Waals surface area contributed by atoms with E-state index in [0.29, 0.717) is 15.4 Å². The first-order valence-corrected chi connectivity index (χ1v) is 4.53. The topological polar surface area (TPSA) is 68.1 Å². The first-order valence-electron chi connectivity index (χ1n) is 3.31. The molecule has 0 atom stereocenters. The number of aromatic amines is 1. The smallest absolute Gasteiger partial charge is 0.352 e. The highest BCUT2D eigenvalue weighted by molar-refractivity contribution is 7.73. The predicted octanol–water partition coefficient (Wildman–Crippen LogP) is 1.56. The van der Waals surface area contributed by atoms with Crippen LogP contribution in [0.2, 0.25) is 0 Å². The zero-order valence-electron chi connectivity index (χ0n) is 6.42. The highest BCUT2D eigenvalue weighted by Gasteiger charge is 2.13. The van der Waals surface area contributed by atoms with Gasteiger partial charge in [0, 0.05) is 0 Å². The van der Waals surface area contributed by atoms with Gasteiger partial charge in [-0.2, -0.15) is 0 Å². The molecule has 0 aliphatic rings. The molecule has 0 fully saturated rings. The van der Waals surface area contributed by atoms with E-state index in [4.69, 9.17) is 22.7 Å². The lowest BCUT2D eigenvalue weighted by Crippen LogP contribution is -2.05. The quantitative estimate of drug-likeness (QED) is 0.566. The molecular formula is C6H8N2O2S2. The average molecular weight is 204 g/mol. The molecule has 0 amide bonds. The van der Waals surface area contributed by atoms with Gasteiger partial charge in [0.2, 0.25) is 0 Å². The lowest BCUT2D eigenvalue weighted by atomic mass is 10.5. The molecule has 12 heavy (non-hydrogen) atoms. The van der Waals surface area contributed by atoms with Crippen molar-refractivity contribution in [1.29, 1.82) is 0 Å². The van der Waals surface area contributed by atoms with Gasteiger partial charge in [-0.05, 0) is 19.1 Å². The predicted molar refractivity (Wildman–Crippen MR) is 49.9 cm³/mol. The third kappa shape index (κ3) is 1.83. The summed E-state index contributed by atoms with van der Waals surface area (Å²) in [6.45, 7) is 2.07. The van der Waals surface area contributed by atoms with Gasteiger partial charge >= 0.3 is 5.97 Å². The van der Waals surface area contributed by atoms with Crippen LogP contribution >= 0.6 is 23.6 Å². The van der Waals surface area contributed by atoms with Crippen molar-refractivity contribution in [3.63, 3.8) is 0 Å². The number of aromatic nitrogens is 1. The lowest BCUT2D eigenvalue weighted by Gasteiger charge is -1.97. The maximum absolute atomic E-state index is 11.1. The SMILES string of the molecule is CCOC(=O)c1sc(=S)[nH]c1N. The summed E-state index contributed by atoms with van der Waals surface area (Å²) in [5.41, 5.74) is 5.46. The third-order valence-electron chi connectivity index (χ3n) is 1.14. The molecule has 0 aromatic carbocycles. The van der Waals surface area contributed by atoms with E-state index in [9.17, 15) is 4.79 Å². The van der Waals surface area contributed by atoms with Gasteiger partial charge in [-0.3, -0.25) is 0 Å². The van der Waals surface area contributed by atoms with E-state index in [0.717, 1.165) is 11.3 Å². The van der Waals surface area contributed by atoms with Crippen LogP contribution < -0.4 is 5.73 Å². The molecule has 3 N–H and O–H groups in total. The van der Waals surface area contributed by atoms with Crippen molar-refractivity contribution in [3.05, 3.63) is 8.83 Å². The number of rotatable bonds is 2. The normalized spacial score (nSPS) is 9.75. The molecule has 1 aromatic heterocycles. The van der Waals surface area contributed by atoms with Crippen molar-refractivity contribution in [1.82, 2.24) is 4.98 Å². The molecule has 1 rings (SSSR count). The standard InChI is InChI=1S/C6H8N2O2S2/c1-2-10-5(9)3-4(7)8-6(11)12-3/h2,7H2,1H3,(H,8,11). The van der Waals surface area contributed by atoms with Gasteiger partial charge in [0.05, 0.1) is 6.61 Å². The Morgan fingerprint density at radius 1 is 1.83 bits per heavy atom. The summed E-state index contributed by atoms with van der Waals surface area (Å²) >= 11 is 5.92.